The summed E-state index contributed by atoms with van der Waals surface area (Å²) < 4.78 is 1.05. The van der Waals surface area contributed by atoms with Crippen molar-refractivity contribution in [3.63, 3.8) is 0 Å². The molecule has 3 heteroatoms. The normalized spacial score (nSPS) is 21.8. The third-order valence-electron chi connectivity index (χ3n) is 3.98. The first-order chi connectivity index (χ1) is 8.50. The molecule has 0 aromatic heterocycles. The fourth-order valence-corrected chi connectivity index (χ4v) is 3.19. The van der Waals surface area contributed by atoms with Gasteiger partial charge in [-0.05, 0) is 29.9 Å². The topological polar surface area (TPSA) is 29.1 Å². The molecule has 1 aliphatic carbocycles. The van der Waals surface area contributed by atoms with Gasteiger partial charge in [-0.15, -0.1) is 0 Å². The Hall–Kier alpha value is -0.830. The second kappa shape index (κ2) is 5.43. The summed E-state index contributed by atoms with van der Waals surface area (Å²) in [6, 6.07) is 8.01. The molecule has 2 nitrogen and oxygen atoms in total. The monoisotopic (exact) mass is 309 g/mol. The molecule has 1 N–H and O–H groups in total. The summed E-state index contributed by atoms with van der Waals surface area (Å²) in [5, 5.41) is 3.07. The van der Waals surface area contributed by atoms with Gasteiger partial charge in [0.2, 0.25) is 5.91 Å². The lowest BCUT2D eigenvalue weighted by molar-refractivity contribution is -0.127. The lowest BCUT2D eigenvalue weighted by Crippen LogP contribution is -2.35. The molecule has 1 unspecified atom stereocenters. The quantitative estimate of drug-likeness (QED) is 0.901. The fraction of sp³-hybridized carbons (Fsp3) is 0.533. The van der Waals surface area contributed by atoms with E-state index in [1.54, 1.807) is 0 Å². The Bertz CT molecular complexity index is 442. The molecule has 1 atom stereocenters. The lowest BCUT2D eigenvalue weighted by Gasteiger charge is -2.25. The van der Waals surface area contributed by atoms with E-state index in [0.29, 0.717) is 6.54 Å². The summed E-state index contributed by atoms with van der Waals surface area (Å²) >= 11 is 3.50. The van der Waals surface area contributed by atoms with Crippen LogP contribution in [-0.4, -0.2) is 5.91 Å². The molecule has 0 spiro atoms. The van der Waals surface area contributed by atoms with Crippen molar-refractivity contribution in [2.24, 2.45) is 11.3 Å². The third kappa shape index (κ3) is 2.94. The van der Waals surface area contributed by atoms with Crippen molar-refractivity contribution in [2.75, 3.05) is 0 Å². The zero-order valence-corrected chi connectivity index (χ0v) is 12.6. The number of amides is 1. The molecule has 0 heterocycles. The fourth-order valence-electron chi connectivity index (χ4n) is 2.76. The van der Waals surface area contributed by atoms with E-state index in [4.69, 9.17) is 0 Å². The van der Waals surface area contributed by atoms with Gasteiger partial charge in [0.1, 0.15) is 0 Å². The van der Waals surface area contributed by atoms with E-state index in [1.807, 2.05) is 24.3 Å². The molecule has 18 heavy (non-hydrogen) atoms. The Balaban J connectivity index is 1.95. The van der Waals surface area contributed by atoms with Crippen molar-refractivity contribution in [1.82, 2.24) is 5.32 Å². The van der Waals surface area contributed by atoms with E-state index >= 15 is 0 Å². The first-order valence-corrected chi connectivity index (χ1v) is 7.31. The van der Waals surface area contributed by atoms with Crippen molar-refractivity contribution in [1.29, 1.82) is 0 Å². The Morgan fingerprint density at radius 2 is 2.17 bits per heavy atom. The first-order valence-electron chi connectivity index (χ1n) is 6.52. The van der Waals surface area contributed by atoms with Crippen LogP contribution in [-0.2, 0) is 11.3 Å². The lowest BCUT2D eigenvalue weighted by atomic mass is 9.81. The summed E-state index contributed by atoms with van der Waals surface area (Å²) in [5.41, 5.74) is 1.28. The Labute approximate surface area is 117 Å². The largest absolute Gasteiger partial charge is 0.352 e. The number of carbonyl (C=O) groups excluding carboxylic acids is 1. The van der Waals surface area contributed by atoms with Gasteiger partial charge in [0.25, 0.3) is 0 Å². The Morgan fingerprint density at radius 3 is 2.78 bits per heavy atom. The number of carbonyl (C=O) groups is 1. The number of hydrogen-bond donors (Lipinski definition) is 1. The maximum atomic E-state index is 12.2. The van der Waals surface area contributed by atoms with Crippen molar-refractivity contribution >= 4 is 21.8 Å². The highest BCUT2D eigenvalue weighted by molar-refractivity contribution is 9.10. The Morgan fingerprint density at radius 1 is 1.44 bits per heavy atom. The van der Waals surface area contributed by atoms with E-state index in [9.17, 15) is 4.79 Å². The van der Waals surface area contributed by atoms with Crippen LogP contribution in [0, 0.1) is 11.3 Å². The highest BCUT2D eigenvalue weighted by Crippen LogP contribution is 2.42. The Kier molecular flexibility index (Phi) is 4.10. The van der Waals surface area contributed by atoms with Crippen LogP contribution in [0.15, 0.2) is 28.7 Å². The highest BCUT2D eigenvalue weighted by Gasteiger charge is 2.38. The van der Waals surface area contributed by atoms with Gasteiger partial charge in [-0.1, -0.05) is 54.4 Å². The molecule has 1 saturated carbocycles. The zero-order chi connectivity index (χ0) is 13.2. The van der Waals surface area contributed by atoms with Gasteiger partial charge in [-0.2, -0.15) is 0 Å². The molecule has 1 aromatic carbocycles. The average molecular weight is 310 g/mol. The minimum Gasteiger partial charge on any atom is -0.352 e. The van der Waals surface area contributed by atoms with E-state index in [2.05, 4.69) is 35.1 Å². The molecule has 1 aromatic rings. The number of nitrogens with one attached hydrogen (secondary N) is 1. The molecule has 1 fully saturated rings. The predicted octanol–water partition coefficient (Wildman–Crippen LogP) is 3.89. The molecule has 2 rings (SSSR count). The van der Waals surface area contributed by atoms with Crippen LogP contribution < -0.4 is 5.32 Å². The molecule has 0 aliphatic heterocycles. The van der Waals surface area contributed by atoms with Crippen LogP contribution in [0.25, 0.3) is 0 Å². The number of rotatable bonds is 3. The van der Waals surface area contributed by atoms with Crippen LogP contribution in [0.3, 0.4) is 0 Å². The summed E-state index contributed by atoms with van der Waals surface area (Å²) in [4.78, 5) is 12.2. The van der Waals surface area contributed by atoms with Gasteiger partial charge >= 0.3 is 0 Å². The molecular weight excluding hydrogens is 290 g/mol. The molecule has 1 amide bonds. The minimum atomic E-state index is 0.151. The second-order valence-electron chi connectivity index (χ2n) is 5.74. The van der Waals surface area contributed by atoms with Gasteiger partial charge in [0.15, 0.2) is 0 Å². The van der Waals surface area contributed by atoms with Crippen molar-refractivity contribution < 1.29 is 4.79 Å². The molecular formula is C15H20BrNO. The molecule has 0 bridgehead atoms. The molecule has 0 saturated heterocycles. The average Bonchev–Trinajstić information content (AvgIpc) is 2.67. The van der Waals surface area contributed by atoms with Crippen LogP contribution in [0.1, 0.15) is 38.7 Å². The highest BCUT2D eigenvalue weighted by atomic mass is 79.9. The zero-order valence-electron chi connectivity index (χ0n) is 11.0. The van der Waals surface area contributed by atoms with Crippen molar-refractivity contribution in [3.05, 3.63) is 34.3 Å². The SMILES string of the molecule is CC1(C)CCCC1C(=O)NCc1ccccc1Br. The maximum Gasteiger partial charge on any atom is 0.223 e. The number of benzene rings is 1. The maximum absolute atomic E-state index is 12.2. The summed E-state index contributed by atoms with van der Waals surface area (Å²) in [5.74, 6) is 0.369. The van der Waals surface area contributed by atoms with E-state index in [1.165, 1.54) is 6.42 Å². The van der Waals surface area contributed by atoms with Crippen LogP contribution >= 0.6 is 15.9 Å². The van der Waals surface area contributed by atoms with Gasteiger partial charge < -0.3 is 5.32 Å². The summed E-state index contributed by atoms with van der Waals surface area (Å²) in [6.45, 7) is 5.00. The van der Waals surface area contributed by atoms with Gasteiger partial charge in [-0.25, -0.2) is 0 Å². The van der Waals surface area contributed by atoms with Gasteiger partial charge in [-0.3, -0.25) is 4.79 Å². The van der Waals surface area contributed by atoms with E-state index in [-0.39, 0.29) is 17.2 Å². The number of hydrogen-bond acceptors (Lipinski definition) is 1. The van der Waals surface area contributed by atoms with E-state index < -0.39 is 0 Å². The number of halogens is 1. The van der Waals surface area contributed by atoms with Crippen LogP contribution in [0.5, 0.6) is 0 Å². The van der Waals surface area contributed by atoms with Gasteiger partial charge in [0.05, 0.1) is 0 Å². The third-order valence-corrected chi connectivity index (χ3v) is 4.76. The van der Waals surface area contributed by atoms with E-state index in [0.717, 1.165) is 22.9 Å². The summed E-state index contributed by atoms with van der Waals surface area (Å²) in [6.07, 6.45) is 3.34. The van der Waals surface area contributed by atoms with Crippen molar-refractivity contribution in [2.45, 2.75) is 39.7 Å². The van der Waals surface area contributed by atoms with Crippen LogP contribution in [0.4, 0.5) is 0 Å². The summed E-state index contributed by atoms with van der Waals surface area (Å²) in [7, 11) is 0. The standard InChI is InChI=1S/C15H20BrNO/c1-15(2)9-5-7-12(15)14(18)17-10-11-6-3-4-8-13(11)16/h3-4,6,8,12H,5,7,9-10H2,1-2H3,(H,17,18). The van der Waals surface area contributed by atoms with Crippen molar-refractivity contribution in [3.8, 4) is 0 Å². The minimum absolute atomic E-state index is 0.151. The molecule has 98 valence electrons. The smallest absolute Gasteiger partial charge is 0.223 e. The first kappa shape index (κ1) is 13.6. The van der Waals surface area contributed by atoms with Crippen LogP contribution in [0.2, 0.25) is 0 Å². The predicted molar refractivity (Wildman–Crippen MR) is 77.1 cm³/mol. The molecule has 1 aliphatic rings. The second-order valence-corrected chi connectivity index (χ2v) is 6.60. The molecule has 0 radical (unpaired) electrons. The van der Waals surface area contributed by atoms with Gasteiger partial charge in [0, 0.05) is 16.9 Å².